The van der Waals surface area contributed by atoms with Crippen molar-refractivity contribution in [3.8, 4) is 56.4 Å². The average Bonchev–Trinajstić information content (AvgIpc) is 1.46. The Morgan fingerprint density at radius 3 is 0.988 bits per heavy atom. The molecule has 14 aromatic carbocycles. The zero-order valence-corrected chi connectivity index (χ0v) is 45.7. The van der Waals surface area contributed by atoms with Gasteiger partial charge in [-0.3, -0.25) is 9.13 Å². The van der Waals surface area contributed by atoms with Gasteiger partial charge in [0.2, 0.25) is 0 Å². The summed E-state index contributed by atoms with van der Waals surface area (Å²) in [5, 5.41) is 9.53. The fourth-order valence-electron chi connectivity index (χ4n) is 15.6. The van der Waals surface area contributed by atoms with Crippen LogP contribution >= 0.6 is 0 Å². The summed E-state index contributed by atoms with van der Waals surface area (Å²) in [5.41, 5.74) is 18.6. The van der Waals surface area contributed by atoms with Crippen LogP contribution in [0.2, 0.25) is 0 Å². The summed E-state index contributed by atoms with van der Waals surface area (Å²) in [5.74, 6) is 1.79. The lowest BCUT2D eigenvalue weighted by Gasteiger charge is -2.51. The molecule has 16 aromatic rings. The number of fused-ring (bicyclic) bond motifs is 16. The van der Waals surface area contributed by atoms with Crippen molar-refractivity contribution in [1.29, 1.82) is 0 Å². The molecule has 2 aromatic heterocycles. The van der Waals surface area contributed by atoms with Crippen LogP contribution in [0.5, 0.6) is 0 Å². The molecule has 2 aliphatic rings. The lowest BCUT2D eigenvalue weighted by atomic mass is 9.49. The van der Waals surface area contributed by atoms with Crippen molar-refractivity contribution in [3.05, 3.63) is 337 Å². The van der Waals surface area contributed by atoms with Crippen molar-refractivity contribution in [1.82, 2.24) is 19.1 Å². The van der Waals surface area contributed by atoms with Crippen LogP contribution in [0.3, 0.4) is 0 Å². The Hall–Kier alpha value is -10.9. The summed E-state index contributed by atoms with van der Waals surface area (Å²) in [4.78, 5) is 11.1. The highest BCUT2D eigenvalue weighted by atomic mass is 15.1. The van der Waals surface area contributed by atoms with Gasteiger partial charge >= 0.3 is 0 Å². The standard InChI is InChI=1S/C80H50N4/c1-5-27-53(28-6-1)77-81-67-41-21-23-43-69(67)83(77)71-49-65-75(61-39-19-17-37-59(61)71)73-57-35-15-13-25-51(57)45-47-63(73)79(65,55-31-9-3-10-32-55)80(56-33-11-4-12-34-56)64-48-46-52-26-14-16-36-58(52)74(64)76-62-40-20-18-38-60(62)72(50-66(76)80)84-70-44-24-22-42-68(70)82-78(84)54-29-7-2-8-30-54/h1-50H. The molecular weight excluding hydrogens is 1020 g/mol. The van der Waals surface area contributed by atoms with Crippen molar-refractivity contribution >= 4 is 65.2 Å². The van der Waals surface area contributed by atoms with E-state index in [1.54, 1.807) is 0 Å². The molecule has 0 saturated heterocycles. The number of hydrogen-bond acceptors (Lipinski definition) is 2. The summed E-state index contributed by atoms with van der Waals surface area (Å²) in [7, 11) is 0. The fourth-order valence-corrected chi connectivity index (χ4v) is 15.6. The maximum absolute atomic E-state index is 5.53. The van der Waals surface area contributed by atoms with Gasteiger partial charge in [-0.15, -0.1) is 0 Å². The van der Waals surface area contributed by atoms with E-state index >= 15 is 0 Å². The summed E-state index contributed by atoms with van der Waals surface area (Å²) < 4.78 is 4.90. The number of hydrogen-bond donors (Lipinski definition) is 0. The van der Waals surface area contributed by atoms with E-state index in [0.29, 0.717) is 0 Å². The lowest BCUT2D eigenvalue weighted by molar-refractivity contribution is 0.438. The zero-order valence-electron chi connectivity index (χ0n) is 45.7. The molecule has 390 valence electrons. The van der Waals surface area contributed by atoms with Crippen LogP contribution in [0.15, 0.2) is 303 Å². The van der Waals surface area contributed by atoms with E-state index in [0.717, 1.165) is 67.0 Å². The van der Waals surface area contributed by atoms with E-state index in [1.165, 1.54) is 88.0 Å². The van der Waals surface area contributed by atoms with Crippen LogP contribution in [0.1, 0.15) is 33.4 Å². The van der Waals surface area contributed by atoms with E-state index < -0.39 is 10.8 Å². The highest BCUT2D eigenvalue weighted by Crippen LogP contribution is 2.72. The van der Waals surface area contributed by atoms with Crippen molar-refractivity contribution in [2.75, 3.05) is 0 Å². The third-order valence-corrected chi connectivity index (χ3v) is 18.7. The molecule has 2 unspecified atom stereocenters. The minimum absolute atomic E-state index is 0.895. The van der Waals surface area contributed by atoms with E-state index in [2.05, 4.69) is 312 Å². The summed E-state index contributed by atoms with van der Waals surface area (Å²) in [6, 6.07) is 113. The normalized spacial score (nSPS) is 16.0. The highest BCUT2D eigenvalue weighted by Gasteiger charge is 2.65. The molecule has 2 heterocycles. The minimum atomic E-state index is -0.992. The molecule has 0 saturated carbocycles. The van der Waals surface area contributed by atoms with Gasteiger partial charge in [-0.2, -0.15) is 0 Å². The average molecular weight is 1070 g/mol. The van der Waals surface area contributed by atoms with Gasteiger partial charge in [0.05, 0.1) is 44.3 Å². The highest BCUT2D eigenvalue weighted by molar-refractivity contribution is 6.18. The van der Waals surface area contributed by atoms with E-state index in [4.69, 9.17) is 9.97 Å². The molecule has 0 aliphatic heterocycles. The molecule has 0 radical (unpaired) electrons. The van der Waals surface area contributed by atoms with Gasteiger partial charge in [-0.1, -0.05) is 267 Å². The predicted octanol–water partition coefficient (Wildman–Crippen LogP) is 19.6. The second kappa shape index (κ2) is 17.8. The quantitative estimate of drug-likeness (QED) is 0.159. The van der Waals surface area contributed by atoms with E-state index in [-0.39, 0.29) is 0 Å². The Morgan fingerprint density at radius 2 is 0.571 bits per heavy atom. The fraction of sp³-hybridized carbons (Fsp3) is 0.0250. The van der Waals surface area contributed by atoms with Crippen molar-refractivity contribution < 1.29 is 0 Å². The lowest BCUT2D eigenvalue weighted by Crippen LogP contribution is -2.50. The molecule has 4 nitrogen and oxygen atoms in total. The summed E-state index contributed by atoms with van der Waals surface area (Å²) in [6.45, 7) is 0. The van der Waals surface area contributed by atoms with Crippen LogP contribution in [0.4, 0.5) is 0 Å². The number of imidazole rings is 2. The first kappa shape index (κ1) is 46.8. The first-order chi connectivity index (χ1) is 41.7. The number of rotatable bonds is 7. The van der Waals surface area contributed by atoms with E-state index in [9.17, 15) is 0 Å². The Morgan fingerprint density at radius 1 is 0.250 bits per heavy atom. The molecule has 84 heavy (non-hydrogen) atoms. The maximum Gasteiger partial charge on any atom is 0.145 e. The molecule has 0 bridgehead atoms. The Labute approximate surface area is 485 Å². The van der Waals surface area contributed by atoms with Gasteiger partial charge < -0.3 is 0 Å². The van der Waals surface area contributed by atoms with Crippen molar-refractivity contribution in [2.45, 2.75) is 10.8 Å². The Kier molecular flexibility index (Phi) is 9.90. The molecule has 0 fully saturated rings. The van der Waals surface area contributed by atoms with Gasteiger partial charge in [-0.05, 0) is 124 Å². The summed E-state index contributed by atoms with van der Waals surface area (Å²) in [6.07, 6.45) is 0. The molecular formula is C80H50N4. The molecule has 2 atom stereocenters. The minimum Gasteiger partial charge on any atom is -0.292 e. The molecule has 0 spiro atoms. The van der Waals surface area contributed by atoms with E-state index in [1.807, 2.05) is 0 Å². The summed E-state index contributed by atoms with van der Waals surface area (Å²) >= 11 is 0. The second-order valence-electron chi connectivity index (χ2n) is 22.6. The third kappa shape index (κ3) is 6.15. The van der Waals surface area contributed by atoms with Gasteiger partial charge in [0.15, 0.2) is 0 Å². The van der Waals surface area contributed by atoms with Crippen LogP contribution in [0.25, 0.3) is 122 Å². The third-order valence-electron chi connectivity index (χ3n) is 18.7. The molecule has 4 heteroatoms. The second-order valence-corrected chi connectivity index (χ2v) is 22.6. The van der Waals surface area contributed by atoms with Crippen LogP contribution in [0, 0.1) is 0 Å². The molecule has 0 amide bonds. The van der Waals surface area contributed by atoms with Crippen LogP contribution in [-0.2, 0) is 10.8 Å². The van der Waals surface area contributed by atoms with Gasteiger partial charge in [0, 0.05) is 21.9 Å². The first-order valence-corrected chi connectivity index (χ1v) is 29.1. The topological polar surface area (TPSA) is 35.6 Å². The first-order valence-electron chi connectivity index (χ1n) is 29.1. The molecule has 18 rings (SSSR count). The van der Waals surface area contributed by atoms with Gasteiger partial charge in [0.25, 0.3) is 0 Å². The number of aromatic nitrogens is 4. The molecule has 0 N–H and O–H groups in total. The van der Waals surface area contributed by atoms with Crippen molar-refractivity contribution in [3.63, 3.8) is 0 Å². The Bertz CT molecular complexity index is 5030. The SMILES string of the molecule is c1ccc(-c2nc3ccccc3n2-c2cc3c(c4ccccc24)-c2c(ccc4ccccc24)C3(c2ccccc2)C2(c3ccccc3)c3ccc4ccccc4c3-c3c2cc(-n2c(-c4ccccc4)nc4ccccc42)c2ccccc32)cc1. The predicted molar refractivity (Wildman–Crippen MR) is 347 cm³/mol. The largest absolute Gasteiger partial charge is 0.292 e. The zero-order chi connectivity index (χ0) is 55.1. The number of para-hydroxylation sites is 4. The monoisotopic (exact) mass is 1070 g/mol. The van der Waals surface area contributed by atoms with Crippen molar-refractivity contribution in [2.24, 2.45) is 0 Å². The Balaban J connectivity index is 1.11. The smallest absolute Gasteiger partial charge is 0.145 e. The number of nitrogens with zero attached hydrogens (tertiary/aromatic N) is 4. The molecule has 2 aliphatic carbocycles. The number of benzene rings is 14. The van der Waals surface area contributed by atoms with Gasteiger partial charge in [-0.25, -0.2) is 9.97 Å². The van der Waals surface area contributed by atoms with Crippen LogP contribution < -0.4 is 0 Å². The maximum atomic E-state index is 5.53. The van der Waals surface area contributed by atoms with Crippen LogP contribution in [-0.4, -0.2) is 19.1 Å². The van der Waals surface area contributed by atoms with Gasteiger partial charge in [0.1, 0.15) is 11.6 Å².